The van der Waals surface area contributed by atoms with Crippen LogP contribution in [0, 0.1) is 0 Å². The molecule has 0 fully saturated rings. The maximum Gasteiger partial charge on any atom is 0.135 e. The van der Waals surface area contributed by atoms with E-state index in [1.54, 1.807) is 0 Å². The first-order valence-electron chi connectivity index (χ1n) is 6.00. The molecule has 0 saturated heterocycles. The summed E-state index contributed by atoms with van der Waals surface area (Å²) in [5, 5.41) is 5.08. The van der Waals surface area contributed by atoms with Gasteiger partial charge in [0.2, 0.25) is 0 Å². The van der Waals surface area contributed by atoms with Crippen LogP contribution in [0.25, 0.3) is 21.5 Å². The maximum absolute atomic E-state index is 5.91. The van der Waals surface area contributed by atoms with E-state index >= 15 is 0 Å². The van der Waals surface area contributed by atoms with Crippen LogP contribution in [0.5, 0.6) is 5.75 Å². The zero-order valence-corrected chi connectivity index (χ0v) is 9.44. The minimum atomic E-state index is 0.792. The van der Waals surface area contributed by atoms with Crippen LogP contribution in [0.1, 0.15) is 5.56 Å². The molecule has 0 aromatic heterocycles. The molecule has 0 aliphatic carbocycles. The molecule has 82 valence electrons. The number of rotatable bonds is 0. The molecule has 1 nitrogen and oxygen atoms in total. The van der Waals surface area contributed by atoms with E-state index in [2.05, 4.69) is 48.5 Å². The predicted molar refractivity (Wildman–Crippen MR) is 70.7 cm³/mol. The molecule has 1 aliphatic rings. The van der Waals surface area contributed by atoms with Crippen LogP contribution in [-0.2, 0) is 6.42 Å². The third-order valence-electron chi connectivity index (χ3n) is 3.54. The Kier molecular flexibility index (Phi) is 1.72. The molecule has 3 aromatic rings. The zero-order valence-electron chi connectivity index (χ0n) is 9.44. The summed E-state index contributed by atoms with van der Waals surface area (Å²) in [6, 6.07) is 17.2. The summed E-state index contributed by atoms with van der Waals surface area (Å²) >= 11 is 0. The highest BCUT2D eigenvalue weighted by atomic mass is 16.5. The van der Waals surface area contributed by atoms with Gasteiger partial charge >= 0.3 is 0 Å². The van der Waals surface area contributed by atoms with E-state index in [0.717, 1.165) is 18.8 Å². The van der Waals surface area contributed by atoms with Gasteiger partial charge in [-0.3, -0.25) is 0 Å². The lowest BCUT2D eigenvalue weighted by Crippen LogP contribution is -2.08. The van der Waals surface area contributed by atoms with Crippen LogP contribution in [0.2, 0.25) is 0 Å². The van der Waals surface area contributed by atoms with E-state index in [9.17, 15) is 0 Å². The smallest absolute Gasteiger partial charge is 0.135 e. The first-order valence-corrected chi connectivity index (χ1v) is 6.00. The standard InChI is InChI=1S/C16H12O/c1-2-7-14-12(4-1)10-13-6-3-5-11-8-9-17-16(14)15(11)13/h1-7,10H,8-9H2. The summed E-state index contributed by atoms with van der Waals surface area (Å²) in [5.74, 6) is 1.07. The van der Waals surface area contributed by atoms with Crippen molar-refractivity contribution in [1.29, 1.82) is 0 Å². The van der Waals surface area contributed by atoms with Crippen molar-refractivity contribution in [1.82, 2.24) is 0 Å². The highest BCUT2D eigenvalue weighted by molar-refractivity contribution is 6.06. The van der Waals surface area contributed by atoms with Crippen molar-refractivity contribution in [3.63, 3.8) is 0 Å². The van der Waals surface area contributed by atoms with Gasteiger partial charge in [0.15, 0.2) is 0 Å². The SMILES string of the molecule is c1ccc2c3c4c(cccc4cc2c1)CCO3. The lowest BCUT2D eigenvalue weighted by Gasteiger charge is -2.20. The molecule has 1 aliphatic heterocycles. The van der Waals surface area contributed by atoms with Crippen LogP contribution < -0.4 is 4.74 Å². The van der Waals surface area contributed by atoms with Gasteiger partial charge in [-0.1, -0.05) is 42.5 Å². The second-order valence-corrected chi connectivity index (χ2v) is 4.54. The van der Waals surface area contributed by atoms with Gasteiger partial charge in [0, 0.05) is 17.2 Å². The van der Waals surface area contributed by atoms with Crippen LogP contribution >= 0.6 is 0 Å². The van der Waals surface area contributed by atoms with Crippen LogP contribution in [-0.4, -0.2) is 6.61 Å². The van der Waals surface area contributed by atoms with E-state index in [0.29, 0.717) is 0 Å². The summed E-state index contributed by atoms with van der Waals surface area (Å²) in [7, 11) is 0. The quantitative estimate of drug-likeness (QED) is 0.522. The number of benzene rings is 3. The third kappa shape index (κ3) is 1.19. The molecule has 4 rings (SSSR count). The minimum Gasteiger partial charge on any atom is -0.492 e. The molecular weight excluding hydrogens is 208 g/mol. The van der Waals surface area contributed by atoms with E-state index in [-0.39, 0.29) is 0 Å². The lowest BCUT2D eigenvalue weighted by molar-refractivity contribution is 0.322. The van der Waals surface area contributed by atoms with E-state index in [1.165, 1.54) is 27.1 Å². The number of hydrogen-bond acceptors (Lipinski definition) is 1. The molecule has 17 heavy (non-hydrogen) atoms. The summed E-state index contributed by atoms with van der Waals surface area (Å²) in [6.07, 6.45) is 1.02. The fourth-order valence-corrected chi connectivity index (χ4v) is 2.77. The average molecular weight is 220 g/mol. The van der Waals surface area contributed by atoms with Crippen molar-refractivity contribution in [2.24, 2.45) is 0 Å². The molecule has 0 atom stereocenters. The molecule has 0 bridgehead atoms. The van der Waals surface area contributed by atoms with Gasteiger partial charge in [0.1, 0.15) is 5.75 Å². The Labute approximate surface area is 99.6 Å². The highest BCUT2D eigenvalue weighted by Crippen LogP contribution is 2.39. The van der Waals surface area contributed by atoms with Gasteiger partial charge in [-0.05, 0) is 22.4 Å². The fraction of sp³-hybridized carbons (Fsp3) is 0.125. The third-order valence-corrected chi connectivity index (χ3v) is 3.54. The number of fused-ring (bicyclic) bond motifs is 2. The van der Waals surface area contributed by atoms with Gasteiger partial charge in [-0.15, -0.1) is 0 Å². The van der Waals surface area contributed by atoms with Crippen molar-refractivity contribution in [2.45, 2.75) is 6.42 Å². The van der Waals surface area contributed by atoms with Gasteiger partial charge in [-0.2, -0.15) is 0 Å². The summed E-state index contributed by atoms with van der Waals surface area (Å²) < 4.78 is 5.91. The topological polar surface area (TPSA) is 9.23 Å². The Bertz CT molecular complexity index is 728. The Morgan fingerprint density at radius 1 is 0.882 bits per heavy atom. The molecule has 1 heterocycles. The van der Waals surface area contributed by atoms with E-state index in [1.807, 2.05) is 0 Å². The summed E-state index contributed by atoms with van der Waals surface area (Å²) in [6.45, 7) is 0.792. The Hall–Kier alpha value is -2.02. The molecule has 0 saturated carbocycles. The number of ether oxygens (including phenoxy) is 1. The molecule has 0 amide bonds. The van der Waals surface area contributed by atoms with Crippen molar-refractivity contribution < 1.29 is 4.74 Å². The van der Waals surface area contributed by atoms with E-state index in [4.69, 9.17) is 4.74 Å². The van der Waals surface area contributed by atoms with Crippen LogP contribution in [0.15, 0.2) is 48.5 Å². The van der Waals surface area contributed by atoms with Gasteiger partial charge in [0.05, 0.1) is 6.61 Å². The predicted octanol–water partition coefficient (Wildman–Crippen LogP) is 3.93. The average Bonchev–Trinajstić information content (AvgIpc) is 2.39. The Morgan fingerprint density at radius 3 is 2.76 bits per heavy atom. The minimum absolute atomic E-state index is 0.792. The fourth-order valence-electron chi connectivity index (χ4n) is 2.77. The van der Waals surface area contributed by atoms with Gasteiger partial charge in [-0.25, -0.2) is 0 Å². The molecule has 3 aromatic carbocycles. The summed E-state index contributed by atoms with van der Waals surface area (Å²) in [5.41, 5.74) is 1.41. The maximum atomic E-state index is 5.91. The molecule has 0 unspecified atom stereocenters. The molecule has 0 N–H and O–H groups in total. The van der Waals surface area contributed by atoms with Crippen molar-refractivity contribution in [3.05, 3.63) is 54.1 Å². The Balaban J connectivity index is 2.30. The molecule has 0 radical (unpaired) electrons. The summed E-state index contributed by atoms with van der Waals surface area (Å²) in [4.78, 5) is 0. The van der Waals surface area contributed by atoms with Crippen LogP contribution in [0.3, 0.4) is 0 Å². The van der Waals surface area contributed by atoms with Crippen molar-refractivity contribution in [3.8, 4) is 5.75 Å². The van der Waals surface area contributed by atoms with Crippen molar-refractivity contribution >= 4 is 21.5 Å². The number of hydrogen-bond donors (Lipinski definition) is 0. The van der Waals surface area contributed by atoms with Gasteiger partial charge < -0.3 is 4.74 Å². The zero-order chi connectivity index (χ0) is 11.2. The highest BCUT2D eigenvalue weighted by Gasteiger charge is 2.15. The Morgan fingerprint density at radius 2 is 1.76 bits per heavy atom. The second kappa shape index (κ2) is 3.24. The van der Waals surface area contributed by atoms with Crippen LogP contribution in [0.4, 0.5) is 0 Å². The molecule has 1 heteroatoms. The molecule has 0 spiro atoms. The monoisotopic (exact) mass is 220 g/mol. The first-order chi connectivity index (χ1) is 8.43. The van der Waals surface area contributed by atoms with Crippen molar-refractivity contribution in [2.75, 3.05) is 6.61 Å². The lowest BCUT2D eigenvalue weighted by atomic mass is 9.95. The van der Waals surface area contributed by atoms with E-state index < -0.39 is 0 Å². The van der Waals surface area contributed by atoms with Gasteiger partial charge in [0.25, 0.3) is 0 Å². The normalized spacial score (nSPS) is 13.9. The molecular formula is C16H12O. The second-order valence-electron chi connectivity index (χ2n) is 4.54. The first kappa shape index (κ1) is 9.06. The largest absolute Gasteiger partial charge is 0.492 e.